The van der Waals surface area contributed by atoms with Crippen LogP contribution in [0, 0.1) is 12.7 Å². The Bertz CT molecular complexity index is 1610. The van der Waals surface area contributed by atoms with Crippen LogP contribution in [0.1, 0.15) is 5.82 Å². The topological polar surface area (TPSA) is 101 Å². The fourth-order valence-electron chi connectivity index (χ4n) is 3.84. The van der Waals surface area contributed by atoms with E-state index in [2.05, 4.69) is 30.1 Å². The van der Waals surface area contributed by atoms with E-state index in [9.17, 15) is 4.39 Å². The van der Waals surface area contributed by atoms with Gasteiger partial charge in [-0.1, -0.05) is 0 Å². The highest BCUT2D eigenvalue weighted by molar-refractivity contribution is 5.96. The van der Waals surface area contributed by atoms with Gasteiger partial charge in [0.05, 0.1) is 40.5 Å². The Morgan fingerprint density at radius 2 is 1.78 bits per heavy atom. The van der Waals surface area contributed by atoms with E-state index >= 15 is 0 Å². The molecule has 0 atom stereocenters. The third-order valence-corrected chi connectivity index (χ3v) is 5.67. The molecule has 0 saturated heterocycles. The maximum Gasteiger partial charge on any atom is 0.159 e. The summed E-state index contributed by atoms with van der Waals surface area (Å²) in [5, 5.41) is 8.41. The number of nitrogens with zero attached hydrogens (tertiary/aromatic N) is 6. The predicted molar refractivity (Wildman–Crippen MR) is 119 cm³/mol. The first kappa shape index (κ1) is 18.4. The van der Waals surface area contributed by atoms with Crippen molar-refractivity contribution in [1.29, 1.82) is 0 Å². The third kappa shape index (κ3) is 2.78. The molecule has 0 radical (unpaired) electrons. The van der Waals surface area contributed by atoms with Crippen LogP contribution >= 0.6 is 0 Å². The molecule has 2 N–H and O–H groups in total. The first-order valence-electron chi connectivity index (χ1n) is 10.0. The van der Waals surface area contributed by atoms with Gasteiger partial charge in [-0.25, -0.2) is 14.4 Å². The number of pyridine rings is 2. The van der Waals surface area contributed by atoms with Crippen molar-refractivity contribution >= 4 is 21.9 Å². The van der Waals surface area contributed by atoms with Gasteiger partial charge in [0, 0.05) is 24.2 Å². The number of rotatable bonds is 3. The molecule has 5 heterocycles. The molecule has 8 nitrogen and oxygen atoms in total. The van der Waals surface area contributed by atoms with Crippen LogP contribution < -0.4 is 0 Å². The van der Waals surface area contributed by atoms with Crippen LogP contribution in [-0.4, -0.2) is 39.7 Å². The molecule has 1 aromatic carbocycles. The van der Waals surface area contributed by atoms with Crippen molar-refractivity contribution in [3.63, 3.8) is 0 Å². The first-order chi connectivity index (χ1) is 15.6. The quantitative estimate of drug-likeness (QED) is 0.438. The maximum absolute atomic E-state index is 13.4. The lowest BCUT2D eigenvalue weighted by Crippen LogP contribution is -1.95. The monoisotopic (exact) mass is 424 g/mol. The number of halogens is 1. The molecule has 6 rings (SSSR count). The van der Waals surface area contributed by atoms with Crippen LogP contribution in [0.4, 0.5) is 4.39 Å². The van der Waals surface area contributed by atoms with E-state index in [0.717, 1.165) is 39.2 Å². The fraction of sp³-hybridized carbons (Fsp3) is 0.0870. The van der Waals surface area contributed by atoms with E-state index in [1.54, 1.807) is 24.5 Å². The third-order valence-electron chi connectivity index (χ3n) is 5.67. The fourth-order valence-corrected chi connectivity index (χ4v) is 3.84. The molecule has 9 heteroatoms. The van der Waals surface area contributed by atoms with Gasteiger partial charge < -0.3 is 9.55 Å². The van der Waals surface area contributed by atoms with Crippen molar-refractivity contribution in [3.8, 4) is 34.2 Å². The Kier molecular flexibility index (Phi) is 3.91. The molecule has 0 fully saturated rings. The minimum absolute atomic E-state index is 0.292. The average molecular weight is 424 g/mol. The minimum Gasteiger partial charge on any atom is -0.336 e. The number of nitrogens with one attached hydrogen (secondary N) is 2. The number of aryl methyl sites for hydroxylation is 1. The van der Waals surface area contributed by atoms with Gasteiger partial charge in [-0.3, -0.25) is 15.1 Å². The summed E-state index contributed by atoms with van der Waals surface area (Å²) in [6.45, 7) is 1.95. The maximum atomic E-state index is 13.4. The number of aromatic nitrogens is 8. The standard InChI is InChI=1S/C23H17FN8/c1-12-26-11-19(32(12)2)17-9-15-18(10-27-17)30-31-21(15)23-28-16-7-8-25-20(22(16)29-23)13-3-5-14(24)6-4-13/h3-11H,1-2H3,(H,28,29)(H,30,31). The Morgan fingerprint density at radius 3 is 2.56 bits per heavy atom. The normalized spacial score (nSPS) is 11.6. The van der Waals surface area contributed by atoms with Gasteiger partial charge in [0.2, 0.25) is 0 Å². The summed E-state index contributed by atoms with van der Waals surface area (Å²) in [4.78, 5) is 21.5. The minimum atomic E-state index is -0.292. The molecule has 6 aromatic rings. The lowest BCUT2D eigenvalue weighted by molar-refractivity contribution is 0.628. The summed E-state index contributed by atoms with van der Waals surface area (Å²) in [5.41, 5.74) is 6.20. The van der Waals surface area contributed by atoms with Gasteiger partial charge in [0.1, 0.15) is 22.9 Å². The van der Waals surface area contributed by atoms with Crippen molar-refractivity contribution in [2.75, 3.05) is 0 Å². The second-order valence-electron chi connectivity index (χ2n) is 7.59. The highest BCUT2D eigenvalue weighted by Gasteiger charge is 2.17. The number of benzene rings is 1. The highest BCUT2D eigenvalue weighted by atomic mass is 19.1. The number of imidazole rings is 2. The molecule has 0 aliphatic rings. The highest BCUT2D eigenvalue weighted by Crippen LogP contribution is 2.31. The molecular weight excluding hydrogens is 407 g/mol. The van der Waals surface area contributed by atoms with E-state index in [1.807, 2.05) is 36.9 Å². The molecule has 0 aliphatic carbocycles. The summed E-state index contributed by atoms with van der Waals surface area (Å²) in [7, 11) is 1.96. The molecule has 0 bridgehead atoms. The molecule has 0 amide bonds. The van der Waals surface area contributed by atoms with Crippen LogP contribution in [0.15, 0.2) is 55.0 Å². The van der Waals surface area contributed by atoms with Gasteiger partial charge in [0.15, 0.2) is 5.82 Å². The smallest absolute Gasteiger partial charge is 0.159 e. The van der Waals surface area contributed by atoms with Crippen LogP contribution in [0.2, 0.25) is 0 Å². The number of hydrogen-bond acceptors (Lipinski definition) is 5. The Labute approximate surface area is 181 Å². The SMILES string of the molecule is Cc1ncc(-c2cc3c(-c4nc5c(-c6ccc(F)cc6)nccc5[nH]4)n[nH]c3cn2)n1C. The van der Waals surface area contributed by atoms with Crippen LogP contribution in [-0.2, 0) is 7.05 Å². The summed E-state index contributed by atoms with van der Waals surface area (Å²) < 4.78 is 15.4. The van der Waals surface area contributed by atoms with E-state index < -0.39 is 0 Å². The largest absolute Gasteiger partial charge is 0.336 e. The Balaban J connectivity index is 1.51. The molecule has 0 unspecified atom stereocenters. The van der Waals surface area contributed by atoms with Gasteiger partial charge in [0.25, 0.3) is 0 Å². The zero-order valence-corrected chi connectivity index (χ0v) is 17.3. The van der Waals surface area contributed by atoms with Crippen molar-refractivity contribution in [3.05, 3.63) is 66.6 Å². The van der Waals surface area contributed by atoms with Crippen LogP contribution in [0.25, 0.3) is 56.1 Å². The average Bonchev–Trinajstić information content (AvgIpc) is 3.50. The van der Waals surface area contributed by atoms with Crippen molar-refractivity contribution in [1.82, 2.24) is 39.7 Å². The molecular formula is C23H17FN8. The molecule has 0 spiro atoms. The van der Waals surface area contributed by atoms with E-state index in [-0.39, 0.29) is 5.82 Å². The first-order valence-corrected chi connectivity index (χ1v) is 10.0. The number of hydrogen-bond donors (Lipinski definition) is 2. The molecule has 156 valence electrons. The summed E-state index contributed by atoms with van der Waals surface area (Å²) in [6, 6.07) is 10.1. The second-order valence-corrected chi connectivity index (χ2v) is 7.59. The second kappa shape index (κ2) is 6.81. The lowest BCUT2D eigenvalue weighted by Gasteiger charge is -2.03. The zero-order chi connectivity index (χ0) is 21.8. The van der Waals surface area contributed by atoms with Gasteiger partial charge >= 0.3 is 0 Å². The Hall–Kier alpha value is -4.40. The van der Waals surface area contributed by atoms with E-state index in [0.29, 0.717) is 22.7 Å². The molecule has 5 aromatic heterocycles. The van der Waals surface area contributed by atoms with Crippen molar-refractivity contribution in [2.45, 2.75) is 6.92 Å². The van der Waals surface area contributed by atoms with Crippen LogP contribution in [0.5, 0.6) is 0 Å². The van der Waals surface area contributed by atoms with E-state index in [4.69, 9.17) is 4.98 Å². The summed E-state index contributed by atoms with van der Waals surface area (Å²) >= 11 is 0. The molecule has 0 aliphatic heterocycles. The zero-order valence-electron chi connectivity index (χ0n) is 17.3. The number of aromatic amines is 2. The van der Waals surface area contributed by atoms with Crippen molar-refractivity contribution in [2.24, 2.45) is 7.05 Å². The lowest BCUT2D eigenvalue weighted by atomic mass is 10.1. The summed E-state index contributed by atoms with van der Waals surface area (Å²) in [6.07, 6.45) is 5.28. The van der Waals surface area contributed by atoms with Crippen LogP contribution in [0.3, 0.4) is 0 Å². The molecule has 0 saturated carbocycles. The Morgan fingerprint density at radius 1 is 0.938 bits per heavy atom. The van der Waals surface area contributed by atoms with Gasteiger partial charge in [-0.15, -0.1) is 0 Å². The van der Waals surface area contributed by atoms with E-state index in [1.165, 1.54) is 12.1 Å². The number of fused-ring (bicyclic) bond motifs is 2. The van der Waals surface area contributed by atoms with Gasteiger partial charge in [-0.2, -0.15) is 5.10 Å². The van der Waals surface area contributed by atoms with Crippen molar-refractivity contribution < 1.29 is 4.39 Å². The molecule has 32 heavy (non-hydrogen) atoms. The summed E-state index contributed by atoms with van der Waals surface area (Å²) in [5.74, 6) is 1.23. The number of H-pyrrole nitrogens is 2. The predicted octanol–water partition coefficient (Wildman–Crippen LogP) is 4.41. The van der Waals surface area contributed by atoms with Gasteiger partial charge in [-0.05, 0) is 43.3 Å².